The highest BCUT2D eigenvalue weighted by atomic mass is 19.4. The summed E-state index contributed by atoms with van der Waals surface area (Å²) in [6, 6.07) is 9.44. The molecule has 208 valence electrons. The predicted molar refractivity (Wildman–Crippen MR) is 139 cm³/mol. The minimum atomic E-state index is -4.56. The number of rotatable bonds is 5. The first-order chi connectivity index (χ1) is 18.9. The molecule has 9 nitrogen and oxygen atoms in total. The second kappa shape index (κ2) is 9.59. The molecular weight excluding hydrogens is 527 g/mol. The summed E-state index contributed by atoms with van der Waals surface area (Å²) in [6.07, 6.45) is -3.46. The molecule has 0 bridgehead atoms. The zero-order chi connectivity index (χ0) is 29.0. The number of halogens is 3. The number of likely N-dealkylation sites (tertiary alicyclic amines) is 1. The van der Waals surface area contributed by atoms with Crippen LogP contribution in [-0.2, 0) is 26.4 Å². The number of hydrogen-bond acceptors (Lipinski definition) is 5. The highest BCUT2D eigenvalue weighted by molar-refractivity contribution is 6.07. The number of fused-ring (bicyclic) bond motifs is 3. The van der Waals surface area contributed by atoms with Crippen LogP contribution in [0.5, 0.6) is 5.75 Å². The van der Waals surface area contributed by atoms with Crippen LogP contribution in [0.15, 0.2) is 41.3 Å². The topological polar surface area (TPSA) is 109 Å². The molecule has 5 rings (SSSR count). The molecule has 0 radical (unpaired) electrons. The number of benzene rings is 1. The third-order valence-electron chi connectivity index (χ3n) is 7.59. The number of amides is 2. The summed E-state index contributed by atoms with van der Waals surface area (Å²) in [5.74, 6) is -0.992. The maximum absolute atomic E-state index is 13.7. The molecule has 0 spiro atoms. The summed E-state index contributed by atoms with van der Waals surface area (Å²) in [6.45, 7) is 2.18. The van der Waals surface area contributed by atoms with Crippen molar-refractivity contribution >= 4 is 17.5 Å². The molecule has 12 heteroatoms. The lowest BCUT2D eigenvalue weighted by Crippen LogP contribution is -2.59. The van der Waals surface area contributed by atoms with Crippen LogP contribution in [0.4, 0.5) is 18.9 Å². The van der Waals surface area contributed by atoms with E-state index >= 15 is 0 Å². The summed E-state index contributed by atoms with van der Waals surface area (Å²) in [7, 11) is 2.91. The standard InChI is InChI=1S/C28H26F3N5O4/c1-27(15-32)7-10-36(27)26(39)21-11-17(14-28(29,30)31)23-18-13-19(22(40-3)12-16(18)6-9-35(21)23)24(37)33-20-5-4-8-34(2)25(20)38/h4-5,8,11-13H,6-7,9-10,14H2,1-3H3,(H,33,37)/t27-/m1/s1. The molecule has 0 unspecified atom stereocenters. The van der Waals surface area contributed by atoms with E-state index in [4.69, 9.17) is 4.74 Å². The van der Waals surface area contributed by atoms with Crippen LogP contribution in [-0.4, -0.2) is 51.2 Å². The molecule has 0 aliphatic carbocycles. The van der Waals surface area contributed by atoms with Gasteiger partial charge in [-0.15, -0.1) is 0 Å². The molecule has 2 aromatic heterocycles. The summed E-state index contributed by atoms with van der Waals surface area (Å²) < 4.78 is 49.3. The Hall–Kier alpha value is -4.53. The third kappa shape index (κ3) is 4.51. The predicted octanol–water partition coefficient (Wildman–Crippen LogP) is 3.90. The monoisotopic (exact) mass is 553 g/mol. The first-order valence-electron chi connectivity index (χ1n) is 12.6. The van der Waals surface area contributed by atoms with Crippen molar-refractivity contribution in [3.63, 3.8) is 0 Å². The number of nitrogens with one attached hydrogen (secondary N) is 1. The molecule has 3 aromatic rings. The fraction of sp³-hybridized carbons (Fsp3) is 0.357. The van der Waals surface area contributed by atoms with Crippen molar-refractivity contribution in [1.29, 1.82) is 5.26 Å². The summed E-state index contributed by atoms with van der Waals surface area (Å²) in [4.78, 5) is 40.6. The van der Waals surface area contributed by atoms with Crippen LogP contribution in [0.2, 0.25) is 0 Å². The lowest BCUT2D eigenvalue weighted by Gasteiger charge is -2.45. The lowest BCUT2D eigenvalue weighted by molar-refractivity contribution is -0.127. The number of carbonyl (C=O) groups excluding carboxylic acids is 2. The quantitative estimate of drug-likeness (QED) is 0.516. The fourth-order valence-corrected chi connectivity index (χ4v) is 5.33. The second-order valence-electron chi connectivity index (χ2n) is 10.2. The number of carbonyl (C=O) groups is 2. The molecule has 1 atom stereocenters. The van der Waals surface area contributed by atoms with Crippen LogP contribution >= 0.6 is 0 Å². The first kappa shape index (κ1) is 27.1. The number of methoxy groups -OCH3 is 1. The Morgan fingerprint density at radius 2 is 1.98 bits per heavy atom. The Bertz CT molecular complexity index is 1650. The van der Waals surface area contributed by atoms with E-state index in [1.54, 1.807) is 23.6 Å². The Balaban J connectivity index is 1.63. The van der Waals surface area contributed by atoms with Crippen molar-refractivity contribution in [3.8, 4) is 23.1 Å². The van der Waals surface area contributed by atoms with Crippen LogP contribution < -0.4 is 15.6 Å². The second-order valence-corrected chi connectivity index (χ2v) is 10.2. The van der Waals surface area contributed by atoms with Crippen molar-refractivity contribution in [1.82, 2.24) is 14.0 Å². The van der Waals surface area contributed by atoms with E-state index in [1.165, 1.54) is 48.0 Å². The average Bonchev–Trinajstić information content (AvgIpc) is 3.26. The Morgan fingerprint density at radius 1 is 1.23 bits per heavy atom. The number of hydrogen-bond donors (Lipinski definition) is 1. The number of aromatic nitrogens is 2. The molecule has 1 saturated heterocycles. The van der Waals surface area contributed by atoms with Crippen molar-refractivity contribution in [2.45, 2.75) is 44.4 Å². The maximum Gasteiger partial charge on any atom is 0.393 e. The highest BCUT2D eigenvalue weighted by Crippen LogP contribution is 2.41. The molecule has 1 fully saturated rings. The van der Waals surface area contributed by atoms with Crippen LogP contribution in [0, 0.1) is 11.3 Å². The summed E-state index contributed by atoms with van der Waals surface area (Å²) in [5, 5.41) is 12.1. The van der Waals surface area contributed by atoms with E-state index in [-0.39, 0.29) is 40.5 Å². The van der Waals surface area contributed by atoms with Gasteiger partial charge in [0, 0.05) is 38.3 Å². The van der Waals surface area contributed by atoms with Gasteiger partial charge in [-0.1, -0.05) is 0 Å². The van der Waals surface area contributed by atoms with E-state index < -0.39 is 35.5 Å². The van der Waals surface area contributed by atoms with Gasteiger partial charge < -0.3 is 24.1 Å². The summed E-state index contributed by atoms with van der Waals surface area (Å²) in [5.41, 5.74) is -0.246. The number of aryl methyl sites for hydroxylation is 2. The number of nitrogens with zero attached hydrogens (tertiary/aromatic N) is 4. The normalized spacial score (nSPS) is 17.8. The van der Waals surface area contributed by atoms with Gasteiger partial charge in [0.1, 0.15) is 22.7 Å². The number of ether oxygens (including phenoxy) is 1. The molecule has 4 heterocycles. The lowest BCUT2D eigenvalue weighted by atomic mass is 9.88. The van der Waals surface area contributed by atoms with Gasteiger partial charge in [-0.3, -0.25) is 14.4 Å². The molecule has 0 saturated carbocycles. The highest BCUT2D eigenvalue weighted by Gasteiger charge is 2.46. The molecule has 2 amide bonds. The number of anilines is 1. The molecular formula is C28H26F3N5O4. The van der Waals surface area contributed by atoms with E-state index in [2.05, 4.69) is 11.4 Å². The third-order valence-corrected chi connectivity index (χ3v) is 7.59. The van der Waals surface area contributed by atoms with Gasteiger partial charge in [-0.05, 0) is 54.8 Å². The van der Waals surface area contributed by atoms with Gasteiger partial charge in [0.05, 0.1) is 30.9 Å². The Kier molecular flexibility index (Phi) is 6.48. The van der Waals surface area contributed by atoms with E-state index in [1.807, 2.05) is 0 Å². The van der Waals surface area contributed by atoms with Crippen molar-refractivity contribution < 1.29 is 27.5 Å². The zero-order valence-electron chi connectivity index (χ0n) is 22.1. The Labute approximate surface area is 227 Å². The molecule has 1 N–H and O–H groups in total. The van der Waals surface area contributed by atoms with Crippen molar-refractivity contribution in [2.75, 3.05) is 19.0 Å². The van der Waals surface area contributed by atoms with Gasteiger partial charge in [-0.2, -0.15) is 18.4 Å². The van der Waals surface area contributed by atoms with Gasteiger partial charge in [0.15, 0.2) is 0 Å². The number of pyridine rings is 1. The maximum atomic E-state index is 13.7. The fourth-order valence-electron chi connectivity index (χ4n) is 5.33. The van der Waals surface area contributed by atoms with Gasteiger partial charge in [0.2, 0.25) is 0 Å². The smallest absolute Gasteiger partial charge is 0.393 e. The first-order valence-corrected chi connectivity index (χ1v) is 12.6. The largest absolute Gasteiger partial charge is 0.496 e. The zero-order valence-corrected chi connectivity index (χ0v) is 22.1. The average molecular weight is 554 g/mol. The SMILES string of the molecule is COc1cc2c(cc1C(=O)Nc1cccn(C)c1=O)-c1c(CC(F)(F)F)cc(C(=O)N3CC[C@]3(C)C#N)n1CC2. The van der Waals surface area contributed by atoms with Crippen molar-refractivity contribution in [2.24, 2.45) is 7.05 Å². The number of nitriles is 1. The van der Waals surface area contributed by atoms with E-state index in [0.29, 0.717) is 30.5 Å². The van der Waals surface area contributed by atoms with Crippen LogP contribution in [0.1, 0.15) is 45.3 Å². The van der Waals surface area contributed by atoms with E-state index in [0.717, 1.165) is 0 Å². The number of alkyl halides is 3. The summed E-state index contributed by atoms with van der Waals surface area (Å²) >= 11 is 0. The molecule has 2 aliphatic heterocycles. The minimum absolute atomic E-state index is 0.0208. The van der Waals surface area contributed by atoms with E-state index in [9.17, 15) is 32.8 Å². The molecule has 1 aromatic carbocycles. The van der Waals surface area contributed by atoms with Crippen LogP contribution in [0.25, 0.3) is 11.3 Å². The van der Waals surface area contributed by atoms with Crippen molar-refractivity contribution in [3.05, 3.63) is 69.3 Å². The van der Waals surface area contributed by atoms with Gasteiger partial charge >= 0.3 is 6.18 Å². The molecule has 2 aliphatic rings. The van der Waals surface area contributed by atoms with Crippen LogP contribution in [0.3, 0.4) is 0 Å². The van der Waals surface area contributed by atoms with Gasteiger partial charge in [0.25, 0.3) is 17.4 Å². The molecule has 40 heavy (non-hydrogen) atoms. The van der Waals surface area contributed by atoms with Gasteiger partial charge in [-0.25, -0.2) is 0 Å². The minimum Gasteiger partial charge on any atom is -0.496 e. The Morgan fingerprint density at radius 3 is 2.60 bits per heavy atom.